The summed E-state index contributed by atoms with van der Waals surface area (Å²) in [6.07, 6.45) is 2.93. The monoisotopic (exact) mass is 482 g/mol. The molecule has 0 saturated carbocycles. The van der Waals surface area contributed by atoms with E-state index in [1.807, 2.05) is 12.1 Å². The summed E-state index contributed by atoms with van der Waals surface area (Å²) in [6.45, 7) is 3.79. The lowest BCUT2D eigenvalue weighted by Crippen LogP contribution is -2.53. The van der Waals surface area contributed by atoms with Crippen LogP contribution in [0.25, 0.3) is 6.08 Å². The lowest BCUT2D eigenvalue weighted by Gasteiger charge is -2.27. The molecule has 0 atom stereocenters. The highest BCUT2D eigenvalue weighted by atomic mass is 79.9. The van der Waals surface area contributed by atoms with Crippen molar-refractivity contribution >= 4 is 74.5 Å². The minimum atomic E-state index is -0.565. The van der Waals surface area contributed by atoms with Crippen molar-refractivity contribution in [3.63, 3.8) is 0 Å². The van der Waals surface area contributed by atoms with E-state index in [0.29, 0.717) is 20.3 Å². The first-order valence-electron chi connectivity index (χ1n) is 7.61. The molecule has 2 amide bonds. The van der Waals surface area contributed by atoms with Crippen LogP contribution in [-0.4, -0.2) is 28.4 Å². The number of benzene rings is 1. The fraction of sp³-hybridized carbons (Fsp3) is 0.0556. The molecule has 1 fully saturated rings. The normalized spacial score (nSPS) is 16.0. The molecule has 1 aliphatic heterocycles. The molecule has 0 radical (unpaired) electrons. The topological polar surface area (TPSA) is 62.6 Å². The van der Waals surface area contributed by atoms with Gasteiger partial charge in [-0.2, -0.15) is 0 Å². The average Bonchev–Trinajstić information content (AvgIpc) is 2.97. The van der Waals surface area contributed by atoms with Crippen LogP contribution in [0.2, 0.25) is 5.02 Å². The van der Waals surface area contributed by atoms with Gasteiger partial charge >= 0.3 is 0 Å². The molecular weight excluding hydrogens is 472 g/mol. The highest BCUT2D eigenvalue weighted by Crippen LogP contribution is 2.37. The van der Waals surface area contributed by atoms with Crippen LogP contribution >= 0.6 is 51.5 Å². The summed E-state index contributed by atoms with van der Waals surface area (Å²) in [5, 5.41) is 3.78. The Morgan fingerprint density at radius 3 is 2.70 bits per heavy atom. The second-order valence-electron chi connectivity index (χ2n) is 5.36. The molecule has 1 saturated heterocycles. The summed E-state index contributed by atoms with van der Waals surface area (Å²) in [7, 11) is 0. The molecule has 1 aromatic heterocycles. The zero-order valence-electron chi connectivity index (χ0n) is 13.7. The number of amides is 2. The van der Waals surface area contributed by atoms with Crippen molar-refractivity contribution in [2.45, 2.75) is 9.99 Å². The SMILES string of the molecule is C=CCN1C(=O)/C(=C\c2cc(Br)c(Sc3ccc(Cl)cc3)o2)C(=O)NC1=S. The van der Waals surface area contributed by atoms with E-state index in [2.05, 4.69) is 27.8 Å². The standard InChI is InChI=1S/C18H12BrClN2O3S2/c1-2-7-22-16(24)13(15(23)21-18(22)26)8-11-9-14(19)17(25-11)27-12-5-3-10(20)4-6-12/h2-6,8-9H,1,7H2,(H,21,23,26)/b13-8-. The van der Waals surface area contributed by atoms with Gasteiger partial charge < -0.3 is 4.42 Å². The first-order chi connectivity index (χ1) is 12.9. The van der Waals surface area contributed by atoms with Gasteiger partial charge in [-0.1, -0.05) is 29.4 Å². The average molecular weight is 484 g/mol. The Balaban J connectivity index is 1.87. The van der Waals surface area contributed by atoms with Crippen molar-refractivity contribution in [1.82, 2.24) is 10.2 Å². The Kier molecular flexibility index (Phi) is 6.21. The highest BCUT2D eigenvalue weighted by Gasteiger charge is 2.33. The van der Waals surface area contributed by atoms with Gasteiger partial charge in [0.05, 0.1) is 4.47 Å². The van der Waals surface area contributed by atoms with Gasteiger partial charge in [-0.3, -0.25) is 19.8 Å². The Morgan fingerprint density at radius 2 is 2.04 bits per heavy atom. The first-order valence-corrected chi connectivity index (χ1v) is 10.0. The fourth-order valence-corrected chi connectivity index (χ4v) is 3.96. The van der Waals surface area contributed by atoms with Crippen LogP contribution in [0.3, 0.4) is 0 Å². The minimum Gasteiger partial charge on any atom is -0.449 e. The number of carbonyl (C=O) groups is 2. The molecule has 5 nitrogen and oxygen atoms in total. The number of halogens is 2. The van der Waals surface area contributed by atoms with Gasteiger partial charge in [0.2, 0.25) is 0 Å². The molecule has 0 unspecified atom stereocenters. The van der Waals surface area contributed by atoms with Crippen molar-refractivity contribution < 1.29 is 14.0 Å². The van der Waals surface area contributed by atoms with Gasteiger partial charge in [0, 0.05) is 16.5 Å². The Bertz CT molecular complexity index is 969. The lowest BCUT2D eigenvalue weighted by molar-refractivity contribution is -0.128. The van der Waals surface area contributed by atoms with Crippen LogP contribution in [0.5, 0.6) is 0 Å². The molecule has 9 heteroatoms. The Morgan fingerprint density at radius 1 is 1.33 bits per heavy atom. The van der Waals surface area contributed by atoms with E-state index in [1.54, 1.807) is 18.2 Å². The maximum Gasteiger partial charge on any atom is 0.266 e. The van der Waals surface area contributed by atoms with Crippen molar-refractivity contribution in [2.24, 2.45) is 0 Å². The molecule has 1 N–H and O–H groups in total. The Hall–Kier alpha value is -1.87. The van der Waals surface area contributed by atoms with Gasteiger partial charge in [0.15, 0.2) is 10.2 Å². The number of nitrogens with zero attached hydrogens (tertiary/aromatic N) is 1. The van der Waals surface area contributed by atoms with E-state index < -0.39 is 11.8 Å². The second kappa shape index (κ2) is 8.43. The summed E-state index contributed by atoms with van der Waals surface area (Å²) >= 11 is 15.7. The van der Waals surface area contributed by atoms with Crippen LogP contribution in [0.4, 0.5) is 0 Å². The van der Waals surface area contributed by atoms with E-state index in [0.717, 1.165) is 4.90 Å². The molecular formula is C18H12BrClN2O3S2. The summed E-state index contributed by atoms with van der Waals surface area (Å²) < 4.78 is 6.48. The Labute approximate surface area is 178 Å². The van der Waals surface area contributed by atoms with Crippen LogP contribution in [0.15, 0.2) is 67.4 Å². The molecule has 1 aromatic carbocycles. The molecule has 0 bridgehead atoms. The van der Waals surface area contributed by atoms with Crippen LogP contribution < -0.4 is 5.32 Å². The smallest absolute Gasteiger partial charge is 0.266 e. The van der Waals surface area contributed by atoms with E-state index in [9.17, 15) is 9.59 Å². The number of thiocarbonyl (C=S) groups is 1. The summed E-state index contributed by atoms with van der Waals surface area (Å²) in [4.78, 5) is 26.9. The zero-order chi connectivity index (χ0) is 19.6. The summed E-state index contributed by atoms with van der Waals surface area (Å²) in [5.74, 6) is -0.698. The number of hydrogen-bond donors (Lipinski definition) is 1. The van der Waals surface area contributed by atoms with Crippen LogP contribution in [0.1, 0.15) is 5.76 Å². The minimum absolute atomic E-state index is 0.0571. The van der Waals surface area contributed by atoms with Gasteiger partial charge in [-0.15, -0.1) is 6.58 Å². The molecule has 2 heterocycles. The van der Waals surface area contributed by atoms with Gasteiger partial charge in [-0.25, -0.2) is 0 Å². The van der Waals surface area contributed by atoms with E-state index in [1.165, 1.54) is 28.8 Å². The molecule has 1 aliphatic rings. The second-order valence-corrected chi connectivity index (χ2v) is 8.09. The molecule has 138 valence electrons. The predicted molar refractivity (Wildman–Crippen MR) is 113 cm³/mol. The van der Waals surface area contributed by atoms with Crippen molar-refractivity contribution in [1.29, 1.82) is 0 Å². The van der Waals surface area contributed by atoms with Crippen LogP contribution in [-0.2, 0) is 9.59 Å². The zero-order valence-corrected chi connectivity index (χ0v) is 17.7. The maximum absolute atomic E-state index is 12.5. The van der Waals surface area contributed by atoms with Gasteiger partial charge in [-0.05, 0) is 64.6 Å². The third kappa shape index (κ3) is 4.52. The highest BCUT2D eigenvalue weighted by molar-refractivity contribution is 9.10. The largest absolute Gasteiger partial charge is 0.449 e. The van der Waals surface area contributed by atoms with Crippen LogP contribution in [0, 0.1) is 0 Å². The van der Waals surface area contributed by atoms with Crippen molar-refractivity contribution in [3.05, 3.63) is 63.8 Å². The van der Waals surface area contributed by atoms with Gasteiger partial charge in [0.25, 0.3) is 11.8 Å². The third-order valence-corrected chi connectivity index (χ3v) is 5.91. The first kappa shape index (κ1) is 19.9. The number of nitrogens with one attached hydrogen (secondary N) is 1. The number of rotatable bonds is 5. The van der Waals surface area contributed by atoms with E-state index in [4.69, 9.17) is 28.2 Å². The quantitative estimate of drug-likeness (QED) is 0.290. The molecule has 3 rings (SSSR count). The fourth-order valence-electron chi connectivity index (χ4n) is 2.25. The van der Waals surface area contributed by atoms with Crippen molar-refractivity contribution in [3.8, 4) is 0 Å². The molecule has 0 aliphatic carbocycles. The maximum atomic E-state index is 12.5. The molecule has 0 spiro atoms. The van der Waals surface area contributed by atoms with E-state index in [-0.39, 0.29) is 17.2 Å². The summed E-state index contributed by atoms with van der Waals surface area (Å²) in [6, 6.07) is 8.99. The molecule has 2 aromatic rings. The lowest BCUT2D eigenvalue weighted by atomic mass is 10.1. The third-order valence-electron chi connectivity index (χ3n) is 3.48. The van der Waals surface area contributed by atoms with E-state index >= 15 is 0 Å². The number of carbonyl (C=O) groups excluding carboxylic acids is 2. The van der Waals surface area contributed by atoms with Crippen molar-refractivity contribution in [2.75, 3.05) is 6.54 Å². The molecule has 27 heavy (non-hydrogen) atoms. The predicted octanol–water partition coefficient (Wildman–Crippen LogP) is 4.66. The number of furan rings is 1. The summed E-state index contributed by atoms with van der Waals surface area (Å²) in [5.41, 5.74) is -0.0604. The number of hydrogen-bond acceptors (Lipinski definition) is 5. The van der Waals surface area contributed by atoms with Gasteiger partial charge in [0.1, 0.15) is 11.3 Å².